The van der Waals surface area contributed by atoms with E-state index in [2.05, 4.69) is 13.6 Å². The molecule has 1 aromatic carbocycles. The Hall–Kier alpha value is -0.550. The van der Waals surface area contributed by atoms with Crippen LogP contribution >= 0.6 is 8.15 Å². The van der Waals surface area contributed by atoms with Gasteiger partial charge in [0.2, 0.25) is 0 Å². The third-order valence-corrected chi connectivity index (χ3v) is 2.86. The largest absolute Gasteiger partial charge is 0.474 e. The van der Waals surface area contributed by atoms with Crippen molar-refractivity contribution in [3.63, 3.8) is 0 Å². The topological polar surface area (TPSA) is 9.23 Å². The van der Waals surface area contributed by atoms with E-state index in [-0.39, 0.29) is 8.15 Å². The first-order chi connectivity index (χ1) is 5.33. The van der Waals surface area contributed by atoms with Gasteiger partial charge in [-0.3, -0.25) is 0 Å². The first kappa shape index (κ1) is 8.55. The van der Waals surface area contributed by atoms with E-state index in [1.54, 1.807) is 0 Å². The van der Waals surface area contributed by atoms with Gasteiger partial charge in [-0.05, 0) is 25.0 Å². The third kappa shape index (κ3) is 2.90. The summed E-state index contributed by atoms with van der Waals surface area (Å²) in [6, 6.07) is 9.97. The lowest BCUT2D eigenvalue weighted by molar-refractivity contribution is 0.619. The maximum atomic E-state index is 5.63. The second kappa shape index (κ2) is 4.35. The van der Waals surface area contributed by atoms with Crippen LogP contribution in [0.25, 0.3) is 0 Å². The zero-order valence-corrected chi connectivity index (χ0v) is 7.84. The second-order valence-electron chi connectivity index (χ2n) is 2.35. The Morgan fingerprint density at radius 1 is 1.27 bits per heavy atom. The van der Waals surface area contributed by atoms with Crippen LogP contribution in [0.5, 0.6) is 5.75 Å². The van der Waals surface area contributed by atoms with E-state index in [9.17, 15) is 0 Å². The van der Waals surface area contributed by atoms with Crippen LogP contribution < -0.4 is 4.52 Å². The number of hydrogen-bond donors (Lipinski definition) is 0. The fourth-order valence-electron chi connectivity index (χ4n) is 0.726. The SMILES string of the molecule is CCP(C)Oc1ccccc1. The monoisotopic (exact) mass is 168 g/mol. The van der Waals surface area contributed by atoms with Crippen LogP contribution in [0.2, 0.25) is 0 Å². The Labute approximate surface area is 69.2 Å². The molecule has 0 radical (unpaired) electrons. The van der Waals surface area contributed by atoms with E-state index in [0.717, 1.165) is 11.9 Å². The zero-order chi connectivity index (χ0) is 8.10. The van der Waals surface area contributed by atoms with E-state index in [1.165, 1.54) is 0 Å². The molecule has 1 aromatic rings. The van der Waals surface area contributed by atoms with Crippen molar-refractivity contribution in [3.8, 4) is 5.75 Å². The average Bonchev–Trinajstić information content (AvgIpc) is 2.06. The van der Waals surface area contributed by atoms with Crippen molar-refractivity contribution in [1.82, 2.24) is 0 Å². The van der Waals surface area contributed by atoms with Crippen molar-refractivity contribution in [2.75, 3.05) is 12.8 Å². The molecule has 60 valence electrons. The van der Waals surface area contributed by atoms with Gasteiger partial charge in [0.1, 0.15) is 5.75 Å². The molecular weight excluding hydrogens is 155 g/mol. The third-order valence-electron chi connectivity index (χ3n) is 1.45. The van der Waals surface area contributed by atoms with Gasteiger partial charge in [0.15, 0.2) is 0 Å². The Kier molecular flexibility index (Phi) is 3.38. The Balaban J connectivity index is 2.51. The number of rotatable bonds is 3. The van der Waals surface area contributed by atoms with Crippen LogP contribution in [-0.4, -0.2) is 12.8 Å². The molecule has 1 nitrogen and oxygen atoms in total. The maximum absolute atomic E-state index is 5.63. The molecule has 11 heavy (non-hydrogen) atoms. The smallest absolute Gasteiger partial charge is 0.123 e. The predicted molar refractivity (Wildman–Crippen MR) is 50.5 cm³/mol. The molecule has 0 fully saturated rings. The van der Waals surface area contributed by atoms with Crippen LogP contribution in [0, 0.1) is 0 Å². The molecule has 0 aliphatic heterocycles. The van der Waals surface area contributed by atoms with Gasteiger partial charge in [0, 0.05) is 0 Å². The summed E-state index contributed by atoms with van der Waals surface area (Å²) in [4.78, 5) is 0. The summed E-state index contributed by atoms with van der Waals surface area (Å²) in [6.07, 6.45) is 1.12. The molecule has 0 spiro atoms. The molecule has 0 aliphatic rings. The Morgan fingerprint density at radius 3 is 2.45 bits per heavy atom. The first-order valence-electron chi connectivity index (χ1n) is 3.77. The van der Waals surface area contributed by atoms with Crippen LogP contribution in [0.15, 0.2) is 30.3 Å². The van der Waals surface area contributed by atoms with Gasteiger partial charge in [-0.25, -0.2) is 0 Å². The lowest BCUT2D eigenvalue weighted by atomic mass is 10.3. The normalized spacial score (nSPS) is 12.5. The zero-order valence-electron chi connectivity index (χ0n) is 6.95. The summed E-state index contributed by atoms with van der Waals surface area (Å²) < 4.78 is 5.63. The molecule has 1 rings (SSSR count). The van der Waals surface area contributed by atoms with Crippen LogP contribution in [0.3, 0.4) is 0 Å². The van der Waals surface area contributed by atoms with Crippen molar-refractivity contribution in [2.24, 2.45) is 0 Å². The van der Waals surface area contributed by atoms with Gasteiger partial charge in [-0.15, -0.1) is 0 Å². The highest BCUT2D eigenvalue weighted by Crippen LogP contribution is 2.32. The van der Waals surface area contributed by atoms with E-state index >= 15 is 0 Å². The predicted octanol–water partition coefficient (Wildman–Crippen LogP) is 3.11. The van der Waals surface area contributed by atoms with Crippen molar-refractivity contribution >= 4 is 8.15 Å². The molecule has 0 aromatic heterocycles. The summed E-state index contributed by atoms with van der Waals surface area (Å²) in [5.74, 6) is 0.989. The summed E-state index contributed by atoms with van der Waals surface area (Å²) in [6.45, 7) is 4.29. The van der Waals surface area contributed by atoms with Crippen LogP contribution in [-0.2, 0) is 0 Å². The molecule has 0 heterocycles. The number of hydrogen-bond acceptors (Lipinski definition) is 1. The van der Waals surface area contributed by atoms with Gasteiger partial charge >= 0.3 is 0 Å². The second-order valence-corrected chi connectivity index (χ2v) is 4.42. The molecule has 0 saturated heterocycles. The standard InChI is InChI=1S/C9H13OP/c1-3-11(2)10-9-7-5-4-6-8-9/h4-8H,3H2,1-2H3. The number of benzene rings is 1. The molecule has 0 bridgehead atoms. The summed E-state index contributed by atoms with van der Waals surface area (Å²) in [7, 11) is -0.255. The van der Waals surface area contributed by atoms with Crippen molar-refractivity contribution in [1.29, 1.82) is 0 Å². The molecule has 0 amide bonds. The Bertz CT molecular complexity index is 198. The van der Waals surface area contributed by atoms with Crippen LogP contribution in [0.1, 0.15) is 6.92 Å². The number of para-hydroxylation sites is 1. The molecule has 1 unspecified atom stereocenters. The molecule has 2 heteroatoms. The summed E-state index contributed by atoms with van der Waals surface area (Å²) in [5, 5.41) is 0. The lowest BCUT2D eigenvalue weighted by Crippen LogP contribution is -1.86. The van der Waals surface area contributed by atoms with E-state index in [1.807, 2.05) is 30.3 Å². The highest BCUT2D eigenvalue weighted by atomic mass is 31.1. The average molecular weight is 168 g/mol. The van der Waals surface area contributed by atoms with E-state index in [4.69, 9.17) is 4.52 Å². The maximum Gasteiger partial charge on any atom is 0.123 e. The quantitative estimate of drug-likeness (QED) is 0.630. The van der Waals surface area contributed by atoms with Crippen molar-refractivity contribution < 1.29 is 4.52 Å². The molecule has 0 saturated carbocycles. The molecule has 0 aliphatic carbocycles. The van der Waals surface area contributed by atoms with Crippen molar-refractivity contribution in [3.05, 3.63) is 30.3 Å². The lowest BCUT2D eigenvalue weighted by Gasteiger charge is -2.10. The highest BCUT2D eigenvalue weighted by molar-refractivity contribution is 7.52. The van der Waals surface area contributed by atoms with Gasteiger partial charge in [0.25, 0.3) is 0 Å². The Morgan fingerprint density at radius 2 is 1.91 bits per heavy atom. The first-order valence-corrected chi connectivity index (χ1v) is 5.66. The van der Waals surface area contributed by atoms with Gasteiger partial charge in [0.05, 0.1) is 8.15 Å². The fraction of sp³-hybridized carbons (Fsp3) is 0.333. The molecule has 1 atom stereocenters. The summed E-state index contributed by atoms with van der Waals surface area (Å²) in [5.41, 5.74) is 0. The van der Waals surface area contributed by atoms with Gasteiger partial charge in [-0.1, -0.05) is 25.1 Å². The van der Waals surface area contributed by atoms with Crippen molar-refractivity contribution in [2.45, 2.75) is 6.92 Å². The fourth-order valence-corrected chi connectivity index (χ4v) is 1.34. The van der Waals surface area contributed by atoms with E-state index in [0.29, 0.717) is 0 Å². The molecule has 0 N–H and O–H groups in total. The highest BCUT2D eigenvalue weighted by Gasteiger charge is 1.98. The van der Waals surface area contributed by atoms with Crippen LogP contribution in [0.4, 0.5) is 0 Å². The minimum absolute atomic E-state index is 0.255. The van der Waals surface area contributed by atoms with Gasteiger partial charge in [-0.2, -0.15) is 0 Å². The minimum atomic E-state index is -0.255. The molecular formula is C9H13OP. The summed E-state index contributed by atoms with van der Waals surface area (Å²) >= 11 is 0. The van der Waals surface area contributed by atoms with E-state index < -0.39 is 0 Å². The minimum Gasteiger partial charge on any atom is -0.474 e. The van der Waals surface area contributed by atoms with Gasteiger partial charge < -0.3 is 4.52 Å².